The highest BCUT2D eigenvalue weighted by atomic mass is 19.1. The van der Waals surface area contributed by atoms with E-state index in [0.29, 0.717) is 41.8 Å². The Labute approximate surface area is 210 Å². The first-order valence-corrected chi connectivity index (χ1v) is 12.0. The quantitative estimate of drug-likeness (QED) is 0.247. The Hall–Kier alpha value is -3.87. The Kier molecular flexibility index (Phi) is 7.29. The van der Waals surface area contributed by atoms with Crippen molar-refractivity contribution in [2.45, 2.75) is 40.2 Å². The molecule has 3 aromatic rings. The third-order valence-electron chi connectivity index (χ3n) is 6.15. The van der Waals surface area contributed by atoms with Gasteiger partial charge in [-0.25, -0.2) is 4.39 Å². The number of aliphatic hydroxyl groups excluding tert-OH is 1. The summed E-state index contributed by atoms with van der Waals surface area (Å²) in [6, 6.07) is 13.7. The SMILES string of the molecule is Cc1ccc(C2/C(=C(/O)c3ccc(OCC(C)C)c(C)c3)C(=O)C(=O)N2CCc2ccc(F)cc2)o1. The number of amides is 1. The van der Waals surface area contributed by atoms with Crippen LogP contribution >= 0.6 is 0 Å². The molecular formula is C29H30FNO5. The molecule has 7 heteroatoms. The van der Waals surface area contributed by atoms with Gasteiger partial charge in [0.2, 0.25) is 0 Å². The fraction of sp³-hybridized carbons (Fsp3) is 0.310. The number of nitrogens with zero attached hydrogens (tertiary/aromatic N) is 1. The first kappa shape index (κ1) is 25.2. The molecule has 0 saturated carbocycles. The molecule has 0 spiro atoms. The summed E-state index contributed by atoms with van der Waals surface area (Å²) in [5.74, 6) is -0.0398. The summed E-state index contributed by atoms with van der Waals surface area (Å²) in [7, 11) is 0. The monoisotopic (exact) mass is 491 g/mol. The molecule has 1 fully saturated rings. The van der Waals surface area contributed by atoms with Crippen LogP contribution in [0.3, 0.4) is 0 Å². The predicted molar refractivity (Wildman–Crippen MR) is 134 cm³/mol. The third-order valence-corrected chi connectivity index (χ3v) is 6.15. The molecule has 1 aliphatic rings. The lowest BCUT2D eigenvalue weighted by molar-refractivity contribution is -0.140. The van der Waals surface area contributed by atoms with Gasteiger partial charge in [0.1, 0.15) is 34.9 Å². The van der Waals surface area contributed by atoms with E-state index in [4.69, 9.17) is 9.15 Å². The van der Waals surface area contributed by atoms with Gasteiger partial charge in [0.25, 0.3) is 11.7 Å². The smallest absolute Gasteiger partial charge is 0.295 e. The lowest BCUT2D eigenvalue weighted by Crippen LogP contribution is -2.31. The molecule has 4 rings (SSSR count). The van der Waals surface area contributed by atoms with Crippen molar-refractivity contribution in [1.82, 2.24) is 4.90 Å². The first-order chi connectivity index (χ1) is 17.2. The lowest BCUT2D eigenvalue weighted by Gasteiger charge is -2.23. The predicted octanol–water partition coefficient (Wildman–Crippen LogP) is 5.73. The number of halogens is 1. The number of aryl methyl sites for hydroxylation is 2. The number of likely N-dealkylation sites (tertiary alicyclic amines) is 1. The number of benzene rings is 2. The summed E-state index contributed by atoms with van der Waals surface area (Å²) < 4.78 is 24.9. The number of Topliss-reactive ketones (excluding diaryl/α,β-unsaturated/α-hetero) is 1. The topological polar surface area (TPSA) is 80.0 Å². The van der Waals surface area contributed by atoms with E-state index in [1.54, 1.807) is 49.4 Å². The molecule has 1 saturated heterocycles. The van der Waals surface area contributed by atoms with E-state index in [-0.39, 0.29) is 23.7 Å². The first-order valence-electron chi connectivity index (χ1n) is 12.0. The number of hydrogen-bond donors (Lipinski definition) is 1. The van der Waals surface area contributed by atoms with Crippen LogP contribution in [0.5, 0.6) is 5.75 Å². The van der Waals surface area contributed by atoms with Crippen LogP contribution in [0.2, 0.25) is 0 Å². The highest BCUT2D eigenvalue weighted by molar-refractivity contribution is 6.46. The number of aliphatic hydroxyl groups is 1. The molecule has 1 N–H and O–H groups in total. The highest BCUT2D eigenvalue weighted by Gasteiger charge is 2.47. The van der Waals surface area contributed by atoms with Gasteiger partial charge < -0.3 is 19.2 Å². The second-order valence-corrected chi connectivity index (χ2v) is 9.50. The van der Waals surface area contributed by atoms with E-state index >= 15 is 0 Å². The van der Waals surface area contributed by atoms with Crippen LogP contribution in [-0.2, 0) is 16.0 Å². The van der Waals surface area contributed by atoms with Gasteiger partial charge in [-0.2, -0.15) is 0 Å². The van der Waals surface area contributed by atoms with Gasteiger partial charge in [-0.1, -0.05) is 26.0 Å². The van der Waals surface area contributed by atoms with E-state index in [0.717, 1.165) is 11.1 Å². The van der Waals surface area contributed by atoms with Crippen molar-refractivity contribution in [3.05, 3.63) is 94.2 Å². The zero-order valence-electron chi connectivity index (χ0n) is 20.9. The maximum absolute atomic E-state index is 13.3. The molecule has 0 aliphatic carbocycles. The summed E-state index contributed by atoms with van der Waals surface area (Å²) in [6.45, 7) is 8.50. The molecule has 1 amide bonds. The van der Waals surface area contributed by atoms with Crippen LogP contribution in [0, 0.1) is 25.6 Å². The average molecular weight is 492 g/mol. The van der Waals surface area contributed by atoms with Crippen LogP contribution < -0.4 is 4.74 Å². The Balaban J connectivity index is 1.70. The van der Waals surface area contributed by atoms with E-state index in [1.807, 2.05) is 6.92 Å². The number of ketones is 1. The normalized spacial score (nSPS) is 17.3. The number of hydrogen-bond acceptors (Lipinski definition) is 5. The number of rotatable bonds is 8. The minimum Gasteiger partial charge on any atom is -0.507 e. The zero-order chi connectivity index (χ0) is 26.0. The van der Waals surface area contributed by atoms with Crippen molar-refractivity contribution in [2.75, 3.05) is 13.2 Å². The summed E-state index contributed by atoms with van der Waals surface area (Å²) in [6.07, 6.45) is 0.407. The zero-order valence-corrected chi connectivity index (χ0v) is 20.9. The van der Waals surface area contributed by atoms with Gasteiger partial charge in [0.15, 0.2) is 0 Å². The van der Waals surface area contributed by atoms with Crippen LogP contribution in [-0.4, -0.2) is 34.8 Å². The average Bonchev–Trinajstić information content (AvgIpc) is 3.38. The van der Waals surface area contributed by atoms with Gasteiger partial charge >= 0.3 is 0 Å². The fourth-order valence-electron chi connectivity index (χ4n) is 4.28. The molecule has 2 aromatic carbocycles. The molecule has 1 aromatic heterocycles. The van der Waals surface area contributed by atoms with Crippen molar-refractivity contribution in [2.24, 2.45) is 5.92 Å². The summed E-state index contributed by atoms with van der Waals surface area (Å²) in [5.41, 5.74) is 2.01. The molecule has 2 heterocycles. The minimum atomic E-state index is -0.878. The molecule has 1 aliphatic heterocycles. The van der Waals surface area contributed by atoms with Crippen molar-refractivity contribution in [1.29, 1.82) is 0 Å². The van der Waals surface area contributed by atoms with Crippen molar-refractivity contribution in [3.63, 3.8) is 0 Å². The molecule has 188 valence electrons. The van der Waals surface area contributed by atoms with Crippen LogP contribution in [0.25, 0.3) is 5.76 Å². The van der Waals surface area contributed by atoms with E-state index < -0.39 is 17.7 Å². The number of ether oxygens (including phenoxy) is 1. The summed E-state index contributed by atoms with van der Waals surface area (Å²) >= 11 is 0. The van der Waals surface area contributed by atoms with Crippen LogP contribution in [0.15, 0.2) is 64.6 Å². The Morgan fingerprint density at radius 3 is 2.42 bits per heavy atom. The highest BCUT2D eigenvalue weighted by Crippen LogP contribution is 2.40. The van der Waals surface area contributed by atoms with Gasteiger partial charge in [-0.15, -0.1) is 0 Å². The minimum absolute atomic E-state index is 0.0243. The number of carbonyl (C=O) groups excluding carboxylic acids is 2. The second-order valence-electron chi connectivity index (χ2n) is 9.50. The van der Waals surface area contributed by atoms with E-state index in [2.05, 4.69) is 13.8 Å². The Morgan fingerprint density at radius 1 is 1.08 bits per heavy atom. The molecule has 36 heavy (non-hydrogen) atoms. The third kappa shape index (κ3) is 5.20. The fourth-order valence-corrected chi connectivity index (χ4v) is 4.28. The van der Waals surface area contributed by atoms with Crippen molar-refractivity contribution < 1.29 is 28.2 Å². The molecule has 0 radical (unpaired) electrons. The lowest BCUT2D eigenvalue weighted by atomic mass is 9.98. The van der Waals surface area contributed by atoms with Gasteiger partial charge in [0, 0.05) is 12.1 Å². The maximum Gasteiger partial charge on any atom is 0.295 e. The standard InChI is InChI=1S/C29H30FNO5/c1-17(2)16-35-23-12-8-21(15-18(23)3)27(32)25-26(24-11-5-19(4)36-24)31(29(34)28(25)33)14-13-20-6-9-22(30)10-7-20/h5-12,15,17,26,32H,13-14,16H2,1-4H3/b27-25-. The largest absolute Gasteiger partial charge is 0.507 e. The van der Waals surface area contributed by atoms with Crippen LogP contribution in [0.1, 0.15) is 48.1 Å². The molecule has 1 unspecified atom stereocenters. The van der Waals surface area contributed by atoms with Gasteiger partial charge in [-0.3, -0.25) is 9.59 Å². The van der Waals surface area contributed by atoms with E-state index in [1.165, 1.54) is 17.0 Å². The maximum atomic E-state index is 13.3. The molecular weight excluding hydrogens is 461 g/mol. The van der Waals surface area contributed by atoms with Crippen LogP contribution in [0.4, 0.5) is 4.39 Å². The van der Waals surface area contributed by atoms with Crippen molar-refractivity contribution in [3.8, 4) is 5.75 Å². The van der Waals surface area contributed by atoms with Crippen molar-refractivity contribution >= 4 is 17.4 Å². The Bertz CT molecular complexity index is 1310. The summed E-state index contributed by atoms with van der Waals surface area (Å²) in [5, 5.41) is 11.3. The van der Waals surface area contributed by atoms with E-state index in [9.17, 15) is 19.1 Å². The molecule has 1 atom stereocenters. The second kappa shape index (κ2) is 10.4. The number of furan rings is 1. The van der Waals surface area contributed by atoms with Gasteiger partial charge in [0.05, 0.1) is 12.2 Å². The number of carbonyl (C=O) groups is 2. The van der Waals surface area contributed by atoms with Gasteiger partial charge in [-0.05, 0) is 79.8 Å². The molecule has 6 nitrogen and oxygen atoms in total. The molecule has 0 bridgehead atoms. The Morgan fingerprint density at radius 2 is 1.81 bits per heavy atom. The summed E-state index contributed by atoms with van der Waals surface area (Å²) in [4.78, 5) is 27.7.